The Morgan fingerprint density at radius 2 is 1.82 bits per heavy atom. The maximum absolute atomic E-state index is 12.9. The lowest BCUT2D eigenvalue weighted by Gasteiger charge is -2.31. The Bertz CT molecular complexity index is 998. The third kappa shape index (κ3) is 3.80. The van der Waals surface area contributed by atoms with Crippen LogP contribution in [0, 0.1) is 11.7 Å². The van der Waals surface area contributed by atoms with Gasteiger partial charge in [0.15, 0.2) is 6.67 Å². The van der Waals surface area contributed by atoms with Crippen molar-refractivity contribution in [3.63, 3.8) is 0 Å². The van der Waals surface area contributed by atoms with Crippen molar-refractivity contribution in [2.24, 2.45) is 0 Å². The zero-order valence-electron chi connectivity index (χ0n) is 16.5. The van der Waals surface area contributed by atoms with Gasteiger partial charge in [0, 0.05) is 12.5 Å². The first-order valence-electron chi connectivity index (χ1n) is 9.98. The van der Waals surface area contributed by atoms with E-state index in [1.54, 1.807) is 16.4 Å². The molecule has 28 heavy (non-hydrogen) atoms. The van der Waals surface area contributed by atoms with Crippen LogP contribution in [-0.4, -0.2) is 53.2 Å². The Balaban J connectivity index is 1.42. The van der Waals surface area contributed by atoms with Crippen molar-refractivity contribution in [2.75, 3.05) is 26.2 Å². The number of quaternary nitrogens is 1. The Hall–Kier alpha value is -1.55. The van der Waals surface area contributed by atoms with E-state index in [1.165, 1.54) is 17.7 Å². The van der Waals surface area contributed by atoms with Crippen molar-refractivity contribution in [2.45, 2.75) is 50.7 Å². The van der Waals surface area contributed by atoms with Crippen molar-refractivity contribution in [3.05, 3.63) is 40.4 Å². The smallest absolute Gasteiger partial charge is 0.243 e. The Morgan fingerprint density at radius 3 is 2.39 bits per heavy atom. The van der Waals surface area contributed by atoms with Gasteiger partial charge in [-0.3, -0.25) is 0 Å². The summed E-state index contributed by atoms with van der Waals surface area (Å²) in [7, 11) is -3.42. The van der Waals surface area contributed by atoms with E-state index in [1.807, 2.05) is 23.7 Å². The highest BCUT2D eigenvalue weighted by atomic mass is 32.2. The maximum atomic E-state index is 12.9. The fourth-order valence-corrected chi connectivity index (χ4v) is 5.54. The highest BCUT2D eigenvalue weighted by Gasteiger charge is 2.32. The van der Waals surface area contributed by atoms with Gasteiger partial charge < -0.3 is 9.47 Å². The molecule has 9 heteroatoms. The number of aryl methyl sites for hydroxylation is 1. The summed E-state index contributed by atoms with van der Waals surface area (Å²) < 4.78 is 32.2. The average Bonchev–Trinajstić information content (AvgIpc) is 3.48. The van der Waals surface area contributed by atoms with Crippen LogP contribution in [0.4, 0.5) is 0 Å². The van der Waals surface area contributed by atoms with Crippen LogP contribution in [0.25, 0.3) is 0 Å². The molecule has 1 aliphatic heterocycles. The van der Waals surface area contributed by atoms with E-state index < -0.39 is 10.0 Å². The zero-order valence-corrected chi connectivity index (χ0v) is 18.1. The molecule has 1 saturated carbocycles. The first-order chi connectivity index (χ1) is 13.4. The van der Waals surface area contributed by atoms with Gasteiger partial charge in [0.25, 0.3) is 0 Å². The summed E-state index contributed by atoms with van der Waals surface area (Å²) in [5.74, 6) is 1.68. The van der Waals surface area contributed by atoms with Gasteiger partial charge in [0.2, 0.25) is 14.8 Å². The van der Waals surface area contributed by atoms with Crippen LogP contribution in [0.3, 0.4) is 0 Å². The third-order valence-corrected chi connectivity index (χ3v) is 8.02. The third-order valence-electron chi connectivity index (χ3n) is 5.67. The SMILES string of the molecule is CCn1c(C2CC2)nn(C[NH+]2CCN(S(=O)(=O)c3ccc(C)cc3)CC2)c1=S. The van der Waals surface area contributed by atoms with E-state index >= 15 is 0 Å². The standard InChI is InChI=1S/C19H27N5O2S2/c1-3-23-18(16-6-7-16)20-24(19(23)27)14-21-10-12-22(13-11-21)28(25,26)17-8-4-15(2)5-9-17/h4-5,8-9,16H,3,6-7,10-14H2,1-2H3/p+1. The van der Waals surface area contributed by atoms with E-state index in [4.69, 9.17) is 17.3 Å². The number of hydrogen-bond donors (Lipinski definition) is 1. The quantitative estimate of drug-likeness (QED) is 0.710. The van der Waals surface area contributed by atoms with Gasteiger partial charge in [-0.05, 0) is 51.0 Å². The van der Waals surface area contributed by atoms with E-state index in [-0.39, 0.29) is 0 Å². The summed E-state index contributed by atoms with van der Waals surface area (Å²) in [6, 6.07) is 7.08. The number of nitrogens with one attached hydrogen (secondary N) is 1. The maximum Gasteiger partial charge on any atom is 0.243 e. The van der Waals surface area contributed by atoms with Gasteiger partial charge >= 0.3 is 0 Å². The fourth-order valence-electron chi connectivity index (χ4n) is 3.77. The lowest BCUT2D eigenvalue weighted by Crippen LogP contribution is -3.14. The topological polar surface area (TPSA) is 64.6 Å². The number of nitrogens with zero attached hydrogens (tertiary/aromatic N) is 4. The van der Waals surface area contributed by atoms with Crippen LogP contribution in [0.1, 0.15) is 37.1 Å². The minimum atomic E-state index is -3.42. The molecular weight excluding hydrogens is 394 g/mol. The molecule has 1 aromatic heterocycles. The average molecular weight is 423 g/mol. The summed E-state index contributed by atoms with van der Waals surface area (Å²) in [5, 5.41) is 4.78. The van der Waals surface area contributed by atoms with E-state index in [2.05, 4.69) is 11.5 Å². The van der Waals surface area contributed by atoms with Crippen molar-refractivity contribution in [1.29, 1.82) is 0 Å². The molecular formula is C19H28N5O2S2+. The van der Waals surface area contributed by atoms with E-state index in [0.29, 0.717) is 30.6 Å². The molecule has 0 amide bonds. The molecule has 1 N–H and O–H groups in total. The van der Waals surface area contributed by atoms with Crippen LogP contribution in [0.2, 0.25) is 0 Å². The van der Waals surface area contributed by atoms with E-state index in [9.17, 15) is 8.42 Å². The van der Waals surface area contributed by atoms with Gasteiger partial charge in [0.1, 0.15) is 5.82 Å². The zero-order chi connectivity index (χ0) is 19.9. The molecule has 1 saturated heterocycles. The molecule has 2 fully saturated rings. The Morgan fingerprint density at radius 1 is 1.18 bits per heavy atom. The van der Waals surface area contributed by atoms with Crippen molar-refractivity contribution in [1.82, 2.24) is 18.7 Å². The fraction of sp³-hybridized carbons (Fsp3) is 0.579. The van der Waals surface area contributed by atoms with E-state index in [0.717, 1.165) is 35.8 Å². The molecule has 1 aromatic carbocycles. The summed E-state index contributed by atoms with van der Waals surface area (Å²) >= 11 is 5.63. The summed E-state index contributed by atoms with van der Waals surface area (Å²) in [4.78, 5) is 1.69. The minimum absolute atomic E-state index is 0.375. The Kier molecular flexibility index (Phi) is 5.43. The molecule has 7 nitrogen and oxygen atoms in total. The van der Waals surface area contributed by atoms with Gasteiger partial charge in [-0.2, -0.15) is 14.1 Å². The summed E-state index contributed by atoms with van der Waals surface area (Å²) in [6.45, 7) is 8.15. The van der Waals surface area contributed by atoms with Crippen LogP contribution >= 0.6 is 12.2 Å². The molecule has 2 aromatic rings. The van der Waals surface area contributed by atoms with Gasteiger partial charge in [-0.25, -0.2) is 8.42 Å². The highest BCUT2D eigenvalue weighted by Crippen LogP contribution is 2.39. The van der Waals surface area contributed by atoms with Gasteiger partial charge in [0.05, 0.1) is 31.1 Å². The molecule has 152 valence electrons. The summed E-state index contributed by atoms with van der Waals surface area (Å²) in [6.07, 6.45) is 2.41. The predicted octanol–water partition coefficient (Wildman–Crippen LogP) is 1.17. The molecule has 0 unspecified atom stereocenters. The molecule has 0 bridgehead atoms. The number of hydrogen-bond acceptors (Lipinski definition) is 4. The molecule has 0 spiro atoms. The van der Waals surface area contributed by atoms with Crippen molar-refractivity contribution >= 4 is 22.2 Å². The van der Waals surface area contributed by atoms with Crippen molar-refractivity contribution < 1.29 is 13.3 Å². The van der Waals surface area contributed by atoms with Crippen molar-refractivity contribution in [3.8, 4) is 0 Å². The molecule has 4 rings (SSSR count). The molecule has 1 aliphatic carbocycles. The second-order valence-electron chi connectivity index (χ2n) is 7.78. The molecule has 2 aliphatic rings. The second kappa shape index (κ2) is 7.70. The number of aromatic nitrogens is 3. The van der Waals surface area contributed by atoms with Crippen LogP contribution in [0.5, 0.6) is 0 Å². The monoisotopic (exact) mass is 422 g/mol. The van der Waals surface area contributed by atoms with Crippen LogP contribution < -0.4 is 4.90 Å². The van der Waals surface area contributed by atoms with Crippen LogP contribution in [-0.2, 0) is 23.2 Å². The largest absolute Gasteiger partial charge is 0.314 e. The minimum Gasteiger partial charge on any atom is -0.314 e. The lowest BCUT2D eigenvalue weighted by atomic mass is 10.2. The predicted molar refractivity (Wildman–Crippen MR) is 109 cm³/mol. The number of rotatable bonds is 6. The van der Waals surface area contributed by atoms with Gasteiger partial charge in [-0.1, -0.05) is 17.7 Å². The normalized spacial score (nSPS) is 19.2. The second-order valence-corrected chi connectivity index (χ2v) is 10.1. The Labute approximate surface area is 171 Å². The number of benzene rings is 1. The molecule has 0 atom stereocenters. The molecule has 2 heterocycles. The first kappa shape index (κ1) is 19.8. The lowest BCUT2D eigenvalue weighted by molar-refractivity contribution is -0.926. The molecule has 0 radical (unpaired) electrons. The number of sulfonamides is 1. The highest BCUT2D eigenvalue weighted by molar-refractivity contribution is 7.89. The summed E-state index contributed by atoms with van der Waals surface area (Å²) in [5.41, 5.74) is 1.06. The number of piperazine rings is 1. The first-order valence-corrected chi connectivity index (χ1v) is 11.8. The van der Waals surface area contributed by atoms with Crippen LogP contribution in [0.15, 0.2) is 29.2 Å². The van der Waals surface area contributed by atoms with Gasteiger partial charge in [-0.15, -0.1) is 0 Å².